The first-order chi connectivity index (χ1) is 7.98. The maximum atomic E-state index is 13.2. The van der Waals surface area contributed by atoms with Gasteiger partial charge in [0.25, 0.3) is 0 Å². The van der Waals surface area contributed by atoms with Gasteiger partial charge in [-0.25, -0.2) is 0 Å². The molecule has 0 radical (unpaired) electrons. The number of alkyl halides is 4. The summed E-state index contributed by atoms with van der Waals surface area (Å²) in [4.78, 5) is 7.66. The predicted molar refractivity (Wildman–Crippen MR) is 73.0 cm³/mol. The first-order valence-electron chi connectivity index (χ1n) is 5.00. The molecule has 1 saturated heterocycles. The average molecular weight is 377 g/mol. The van der Waals surface area contributed by atoms with Crippen molar-refractivity contribution in [3.8, 4) is 0 Å². The summed E-state index contributed by atoms with van der Waals surface area (Å²) in [5.74, 6) is -2.14. The Balaban J connectivity index is 2.08. The normalized spacial score (nSPS) is 21.2. The summed E-state index contributed by atoms with van der Waals surface area (Å²) in [7, 11) is 0. The number of anilines is 2. The summed E-state index contributed by atoms with van der Waals surface area (Å²) in [6.45, 7) is 0. The van der Waals surface area contributed by atoms with Crippen molar-refractivity contribution in [2.75, 3.05) is 18.1 Å². The molecule has 0 spiro atoms. The van der Waals surface area contributed by atoms with Crippen molar-refractivity contribution in [2.24, 2.45) is 0 Å². The number of aromatic nitrogens is 2. The molecule has 3 N–H and O–H groups in total. The molecule has 0 aromatic carbocycles. The molecule has 1 aromatic rings. The second kappa shape index (κ2) is 5.05. The summed E-state index contributed by atoms with van der Waals surface area (Å²) in [6, 6.07) is 0. The number of nitrogens with one attached hydrogen (secondary N) is 1. The van der Waals surface area contributed by atoms with Crippen molar-refractivity contribution < 1.29 is 8.78 Å². The van der Waals surface area contributed by atoms with Crippen LogP contribution < -0.4 is 9.26 Å². The van der Waals surface area contributed by atoms with E-state index in [4.69, 9.17) is 17.3 Å². The molecule has 0 saturated carbocycles. The number of nitrogen functional groups attached to an aromatic ring is 1. The van der Waals surface area contributed by atoms with E-state index < -0.39 is 26.0 Å². The van der Waals surface area contributed by atoms with Crippen molar-refractivity contribution in [3.63, 3.8) is 0 Å². The van der Waals surface area contributed by atoms with Crippen LogP contribution in [0.5, 0.6) is 0 Å². The van der Waals surface area contributed by atoms with Gasteiger partial charge in [0.15, 0.2) is 0 Å². The standard InChI is InChI=1S/C9H12ClF2IN4/c10-7-6(14)8(16-5-15-7)17-13-3-1-2-9(11,12)4-13/h5H,1-4,14H2,(H,15,16,17). The van der Waals surface area contributed by atoms with Crippen LogP contribution in [0, 0.1) is 0 Å². The van der Waals surface area contributed by atoms with Gasteiger partial charge in [-0.05, 0) is 0 Å². The van der Waals surface area contributed by atoms with Crippen LogP contribution in [0.15, 0.2) is 6.33 Å². The van der Waals surface area contributed by atoms with Crippen LogP contribution in [0.1, 0.15) is 12.8 Å². The van der Waals surface area contributed by atoms with Gasteiger partial charge in [0.2, 0.25) is 0 Å². The molecule has 2 heterocycles. The fraction of sp³-hybridized carbons (Fsp3) is 0.556. The molecule has 1 aliphatic heterocycles. The SMILES string of the molecule is Nc1c(Cl)ncnc1NI1CCCC(F)(F)C1. The second-order valence-electron chi connectivity index (χ2n) is 3.76. The van der Waals surface area contributed by atoms with Crippen LogP contribution in [0.3, 0.4) is 0 Å². The number of nitrogens with zero attached hydrogens (tertiary/aromatic N) is 2. The zero-order chi connectivity index (χ0) is 12.5. The van der Waals surface area contributed by atoms with Crippen molar-refractivity contribution in [1.29, 1.82) is 0 Å². The van der Waals surface area contributed by atoms with E-state index in [9.17, 15) is 8.78 Å². The van der Waals surface area contributed by atoms with Crippen molar-refractivity contribution in [2.45, 2.75) is 18.8 Å². The van der Waals surface area contributed by atoms with E-state index in [0.29, 0.717) is 12.2 Å². The monoisotopic (exact) mass is 376 g/mol. The number of nitrogens with two attached hydrogens (primary N) is 1. The van der Waals surface area contributed by atoms with E-state index in [1.54, 1.807) is 0 Å². The van der Waals surface area contributed by atoms with Crippen molar-refractivity contribution in [3.05, 3.63) is 11.5 Å². The molecule has 2 rings (SSSR count). The van der Waals surface area contributed by atoms with E-state index in [2.05, 4.69) is 13.5 Å². The first-order valence-corrected chi connectivity index (χ1v) is 9.51. The Morgan fingerprint density at radius 3 is 2.94 bits per heavy atom. The van der Waals surface area contributed by atoms with Crippen LogP contribution in [0.2, 0.25) is 5.15 Å². The number of hydrogen-bond acceptors (Lipinski definition) is 4. The summed E-state index contributed by atoms with van der Waals surface area (Å²) >= 11 is 3.80. The first kappa shape index (κ1) is 13.0. The topological polar surface area (TPSA) is 63.8 Å². The number of rotatable bonds is 2. The van der Waals surface area contributed by atoms with Crippen LogP contribution in [-0.2, 0) is 0 Å². The summed E-state index contributed by atoms with van der Waals surface area (Å²) in [5, 5.41) is 0.155. The molecule has 96 valence electrons. The van der Waals surface area contributed by atoms with Crippen LogP contribution in [0.25, 0.3) is 0 Å². The van der Waals surface area contributed by atoms with E-state index in [-0.39, 0.29) is 21.7 Å². The van der Waals surface area contributed by atoms with Crippen molar-refractivity contribution >= 4 is 43.2 Å². The minimum absolute atomic E-state index is 0.0112. The molecule has 4 nitrogen and oxygen atoms in total. The molecular formula is C9H12ClF2IN4. The van der Waals surface area contributed by atoms with Crippen LogP contribution in [0.4, 0.5) is 20.3 Å². The quantitative estimate of drug-likeness (QED) is 0.360. The fourth-order valence-electron chi connectivity index (χ4n) is 1.51. The van der Waals surface area contributed by atoms with Gasteiger partial charge in [0, 0.05) is 0 Å². The van der Waals surface area contributed by atoms with E-state index in [1.165, 1.54) is 6.33 Å². The minimum atomic E-state index is -2.54. The Kier molecular flexibility index (Phi) is 3.86. The molecule has 8 heteroatoms. The summed E-state index contributed by atoms with van der Waals surface area (Å²) < 4.78 is 30.3. The molecular weight excluding hydrogens is 364 g/mol. The van der Waals surface area contributed by atoms with Crippen molar-refractivity contribution in [1.82, 2.24) is 9.97 Å². The molecule has 0 atom stereocenters. The Hall–Kier alpha value is -0.440. The van der Waals surface area contributed by atoms with Gasteiger partial charge in [0.1, 0.15) is 0 Å². The average Bonchev–Trinajstić information content (AvgIpc) is 2.23. The molecule has 0 aliphatic carbocycles. The maximum absolute atomic E-state index is 13.2. The Labute approximate surface area is 110 Å². The fourth-order valence-corrected chi connectivity index (χ4v) is 6.67. The molecule has 0 amide bonds. The van der Waals surface area contributed by atoms with E-state index in [1.807, 2.05) is 0 Å². The van der Waals surface area contributed by atoms with Gasteiger partial charge < -0.3 is 0 Å². The third-order valence-corrected chi connectivity index (χ3v) is 8.00. The van der Waals surface area contributed by atoms with Crippen LogP contribution in [-0.4, -0.2) is 24.7 Å². The van der Waals surface area contributed by atoms with Gasteiger partial charge >= 0.3 is 110 Å². The Morgan fingerprint density at radius 1 is 1.47 bits per heavy atom. The third-order valence-electron chi connectivity index (χ3n) is 2.32. The van der Waals surface area contributed by atoms with Gasteiger partial charge in [0.05, 0.1) is 0 Å². The Morgan fingerprint density at radius 2 is 2.24 bits per heavy atom. The summed E-state index contributed by atoms with van der Waals surface area (Å²) in [6.07, 6.45) is 1.82. The second-order valence-corrected chi connectivity index (χ2v) is 9.10. The van der Waals surface area contributed by atoms with Gasteiger partial charge in [-0.1, -0.05) is 0 Å². The van der Waals surface area contributed by atoms with Gasteiger partial charge in [-0.2, -0.15) is 0 Å². The van der Waals surface area contributed by atoms with Crippen LogP contribution >= 0.6 is 31.7 Å². The van der Waals surface area contributed by atoms with E-state index in [0.717, 1.165) is 4.43 Å². The van der Waals surface area contributed by atoms with E-state index >= 15 is 0 Å². The number of hydrogen-bond donors (Lipinski definition) is 2. The molecule has 1 aromatic heterocycles. The predicted octanol–water partition coefficient (Wildman–Crippen LogP) is 2.97. The molecule has 0 bridgehead atoms. The summed E-state index contributed by atoms with van der Waals surface area (Å²) in [5.41, 5.74) is 5.92. The molecule has 17 heavy (non-hydrogen) atoms. The van der Waals surface area contributed by atoms with Gasteiger partial charge in [-0.15, -0.1) is 0 Å². The zero-order valence-electron chi connectivity index (χ0n) is 8.89. The van der Waals surface area contributed by atoms with Gasteiger partial charge in [-0.3, -0.25) is 0 Å². The number of halogens is 4. The Bertz CT molecular complexity index is 418. The zero-order valence-corrected chi connectivity index (χ0v) is 11.8. The molecule has 1 aliphatic rings. The molecule has 1 fully saturated rings. The third kappa shape index (κ3) is 3.27. The molecule has 0 unspecified atom stereocenters.